The lowest BCUT2D eigenvalue weighted by Gasteiger charge is -2.27. The summed E-state index contributed by atoms with van der Waals surface area (Å²) in [5, 5.41) is 3.04. The molecule has 1 aliphatic carbocycles. The van der Waals surface area contributed by atoms with Crippen LogP contribution in [0.5, 0.6) is 0 Å². The summed E-state index contributed by atoms with van der Waals surface area (Å²) in [5.74, 6) is 1.26. The Morgan fingerprint density at radius 1 is 1.11 bits per heavy atom. The zero-order valence-corrected chi connectivity index (χ0v) is 21.9. The Hall–Kier alpha value is -2.65. The van der Waals surface area contributed by atoms with Crippen molar-refractivity contribution >= 4 is 27.6 Å². The normalized spacial score (nSPS) is 14.4. The van der Waals surface area contributed by atoms with Gasteiger partial charge in [-0.3, -0.25) is 9.10 Å². The van der Waals surface area contributed by atoms with Crippen LogP contribution in [0.15, 0.2) is 42.5 Å². The minimum Gasteiger partial charge on any atom is -0.356 e. The number of amides is 1. The van der Waals surface area contributed by atoms with Gasteiger partial charge in [-0.1, -0.05) is 44.2 Å². The number of pyridine rings is 1. The van der Waals surface area contributed by atoms with Gasteiger partial charge in [0.05, 0.1) is 6.26 Å². The molecule has 0 saturated heterocycles. The van der Waals surface area contributed by atoms with Crippen LogP contribution in [0.25, 0.3) is 0 Å². The SMILES string of the molecule is CCCN(CC1CC1)c1cc(C(=O)N[C@H](CN)Cc2ccccc2)cc(N(CCC)S(C)(=O)=O)n1. The molecule has 1 aromatic heterocycles. The Morgan fingerprint density at radius 2 is 1.77 bits per heavy atom. The average Bonchev–Trinajstić information content (AvgIpc) is 3.65. The van der Waals surface area contributed by atoms with Crippen molar-refractivity contribution in [1.29, 1.82) is 0 Å². The van der Waals surface area contributed by atoms with Gasteiger partial charge in [-0.2, -0.15) is 0 Å². The van der Waals surface area contributed by atoms with Crippen LogP contribution in [-0.4, -0.2) is 57.8 Å². The summed E-state index contributed by atoms with van der Waals surface area (Å²) >= 11 is 0. The zero-order chi connectivity index (χ0) is 25.4. The standard InChI is InChI=1S/C26H39N5O3S/c1-4-13-30(19-21-11-12-21)24-16-22(17-25(29-24)31(14-5-2)35(3,33)34)26(32)28-23(18-27)15-20-9-7-6-8-10-20/h6-10,16-17,21,23H,4-5,11-15,18-19,27H2,1-3H3,(H,28,32)/t23-/m0/s1. The molecule has 192 valence electrons. The summed E-state index contributed by atoms with van der Waals surface area (Å²) in [6, 6.07) is 13.0. The molecule has 9 heteroatoms. The fraction of sp³-hybridized carbons (Fsp3) is 0.538. The van der Waals surface area contributed by atoms with Crippen molar-refractivity contribution in [2.24, 2.45) is 11.7 Å². The monoisotopic (exact) mass is 501 g/mol. The first-order valence-electron chi connectivity index (χ1n) is 12.5. The van der Waals surface area contributed by atoms with E-state index in [0.29, 0.717) is 43.2 Å². The van der Waals surface area contributed by atoms with Gasteiger partial charge in [-0.25, -0.2) is 13.4 Å². The highest BCUT2D eigenvalue weighted by molar-refractivity contribution is 7.92. The molecule has 0 aliphatic heterocycles. The van der Waals surface area contributed by atoms with Gasteiger partial charge < -0.3 is 16.0 Å². The van der Waals surface area contributed by atoms with Gasteiger partial charge in [0, 0.05) is 37.8 Å². The Kier molecular flexibility index (Phi) is 9.51. The van der Waals surface area contributed by atoms with E-state index >= 15 is 0 Å². The van der Waals surface area contributed by atoms with E-state index in [9.17, 15) is 13.2 Å². The molecule has 35 heavy (non-hydrogen) atoms. The molecular formula is C26H39N5O3S. The molecule has 1 heterocycles. The van der Waals surface area contributed by atoms with Crippen LogP contribution in [0.2, 0.25) is 0 Å². The van der Waals surface area contributed by atoms with Crippen LogP contribution < -0.4 is 20.3 Å². The summed E-state index contributed by atoms with van der Waals surface area (Å²) in [6.07, 6.45) is 5.73. The number of hydrogen-bond acceptors (Lipinski definition) is 6. The first-order valence-corrected chi connectivity index (χ1v) is 14.4. The molecule has 1 atom stereocenters. The minimum absolute atomic E-state index is 0.246. The summed E-state index contributed by atoms with van der Waals surface area (Å²) in [5.41, 5.74) is 7.45. The molecule has 0 radical (unpaired) electrons. The van der Waals surface area contributed by atoms with Crippen molar-refractivity contribution in [3.05, 3.63) is 53.6 Å². The van der Waals surface area contributed by atoms with Gasteiger partial charge in [0.1, 0.15) is 11.6 Å². The van der Waals surface area contributed by atoms with E-state index in [2.05, 4.69) is 17.1 Å². The Morgan fingerprint density at radius 3 is 2.34 bits per heavy atom. The highest BCUT2D eigenvalue weighted by atomic mass is 32.2. The van der Waals surface area contributed by atoms with Gasteiger partial charge in [-0.05, 0) is 55.7 Å². The predicted octanol–water partition coefficient (Wildman–Crippen LogP) is 3.18. The van der Waals surface area contributed by atoms with Crippen LogP contribution in [-0.2, 0) is 16.4 Å². The number of anilines is 2. The molecule has 1 aliphatic rings. The molecule has 0 spiro atoms. The van der Waals surface area contributed by atoms with Gasteiger partial charge in [-0.15, -0.1) is 0 Å². The highest BCUT2D eigenvalue weighted by Gasteiger charge is 2.27. The first kappa shape index (κ1) is 26.9. The third kappa shape index (κ3) is 7.93. The predicted molar refractivity (Wildman–Crippen MR) is 142 cm³/mol. The largest absolute Gasteiger partial charge is 0.356 e. The molecule has 1 fully saturated rings. The first-order chi connectivity index (χ1) is 16.7. The third-order valence-corrected chi connectivity index (χ3v) is 7.25. The number of carbonyl (C=O) groups excluding carboxylic acids is 1. The number of nitrogens with two attached hydrogens (primary N) is 1. The molecule has 3 rings (SSSR count). The number of nitrogens with zero attached hydrogens (tertiary/aromatic N) is 3. The zero-order valence-electron chi connectivity index (χ0n) is 21.1. The van der Waals surface area contributed by atoms with E-state index in [1.165, 1.54) is 23.4 Å². The summed E-state index contributed by atoms with van der Waals surface area (Å²) in [4.78, 5) is 20.3. The second kappa shape index (κ2) is 12.4. The van der Waals surface area contributed by atoms with E-state index in [1.807, 2.05) is 37.3 Å². The second-order valence-electron chi connectivity index (χ2n) is 9.39. The summed E-state index contributed by atoms with van der Waals surface area (Å²) in [7, 11) is -3.56. The van der Waals surface area contributed by atoms with E-state index in [-0.39, 0.29) is 17.8 Å². The molecule has 1 saturated carbocycles. The number of aromatic nitrogens is 1. The average molecular weight is 502 g/mol. The molecule has 2 aromatic rings. The second-order valence-corrected chi connectivity index (χ2v) is 11.3. The van der Waals surface area contributed by atoms with E-state index < -0.39 is 10.0 Å². The van der Waals surface area contributed by atoms with Crippen molar-refractivity contribution in [2.45, 2.75) is 52.0 Å². The van der Waals surface area contributed by atoms with Crippen molar-refractivity contribution in [3.63, 3.8) is 0 Å². The van der Waals surface area contributed by atoms with Gasteiger partial charge in [0.2, 0.25) is 10.0 Å². The molecule has 8 nitrogen and oxygen atoms in total. The fourth-order valence-electron chi connectivity index (χ4n) is 4.12. The Bertz CT molecular complexity index is 1070. The van der Waals surface area contributed by atoms with Crippen LogP contribution in [0.1, 0.15) is 55.5 Å². The molecular weight excluding hydrogens is 462 g/mol. The Balaban J connectivity index is 1.95. The fourth-order valence-corrected chi connectivity index (χ4v) is 5.07. The van der Waals surface area contributed by atoms with Crippen molar-refractivity contribution < 1.29 is 13.2 Å². The minimum atomic E-state index is -3.56. The van der Waals surface area contributed by atoms with Crippen molar-refractivity contribution in [1.82, 2.24) is 10.3 Å². The van der Waals surface area contributed by atoms with E-state index in [1.54, 1.807) is 12.1 Å². The van der Waals surface area contributed by atoms with Gasteiger partial charge >= 0.3 is 0 Å². The summed E-state index contributed by atoms with van der Waals surface area (Å²) in [6.45, 7) is 6.26. The number of hydrogen-bond donors (Lipinski definition) is 2. The number of sulfonamides is 1. The quantitative estimate of drug-likeness (QED) is 0.412. The van der Waals surface area contributed by atoms with Gasteiger partial charge in [0.25, 0.3) is 5.91 Å². The van der Waals surface area contributed by atoms with Crippen molar-refractivity contribution in [2.75, 3.05) is 41.6 Å². The molecule has 3 N–H and O–H groups in total. The van der Waals surface area contributed by atoms with Crippen LogP contribution in [0.4, 0.5) is 11.6 Å². The lowest BCUT2D eigenvalue weighted by Crippen LogP contribution is -2.42. The van der Waals surface area contributed by atoms with Crippen LogP contribution in [0, 0.1) is 5.92 Å². The van der Waals surface area contributed by atoms with Crippen LogP contribution >= 0.6 is 0 Å². The lowest BCUT2D eigenvalue weighted by atomic mass is 10.1. The number of nitrogens with one attached hydrogen (secondary N) is 1. The van der Waals surface area contributed by atoms with E-state index in [4.69, 9.17) is 10.7 Å². The number of rotatable bonds is 14. The maximum atomic E-state index is 13.4. The topological polar surface area (TPSA) is 109 Å². The molecule has 0 unspecified atom stereocenters. The molecule has 1 aromatic carbocycles. The molecule has 1 amide bonds. The Labute approximate surface area is 210 Å². The van der Waals surface area contributed by atoms with Gasteiger partial charge in [0.15, 0.2) is 0 Å². The van der Waals surface area contributed by atoms with Crippen LogP contribution in [0.3, 0.4) is 0 Å². The maximum absolute atomic E-state index is 13.4. The molecule has 0 bridgehead atoms. The smallest absolute Gasteiger partial charge is 0.251 e. The van der Waals surface area contributed by atoms with Crippen molar-refractivity contribution in [3.8, 4) is 0 Å². The third-order valence-electron chi connectivity index (χ3n) is 6.08. The number of carbonyl (C=O) groups is 1. The lowest BCUT2D eigenvalue weighted by molar-refractivity contribution is 0.0938. The summed E-state index contributed by atoms with van der Waals surface area (Å²) < 4.78 is 26.5. The van der Waals surface area contributed by atoms with E-state index in [0.717, 1.165) is 25.1 Å². The maximum Gasteiger partial charge on any atom is 0.251 e. The highest BCUT2D eigenvalue weighted by Crippen LogP contribution is 2.32. The number of benzene rings is 1.